The number of hydrogen-bond donors (Lipinski definition) is 1. The van der Waals surface area contributed by atoms with Gasteiger partial charge in [0.25, 0.3) is 0 Å². The summed E-state index contributed by atoms with van der Waals surface area (Å²) in [5.41, 5.74) is 0.810. The fourth-order valence-electron chi connectivity index (χ4n) is 1.24. The maximum absolute atomic E-state index is 9.94. The molecule has 2 rings (SSSR count). The summed E-state index contributed by atoms with van der Waals surface area (Å²) in [5, 5.41) is 31.9. The molecule has 0 aliphatic heterocycles. The van der Waals surface area contributed by atoms with Crippen LogP contribution >= 0.6 is 22.7 Å². The Bertz CT molecular complexity index is 535. The first-order valence-corrected chi connectivity index (χ1v) is 5.98. The molecule has 6 heteroatoms. The van der Waals surface area contributed by atoms with Crippen molar-refractivity contribution in [3.8, 4) is 12.1 Å². The molecule has 0 amide bonds. The average Bonchev–Trinajstić information content (AvgIpc) is 2.96. The van der Waals surface area contributed by atoms with Gasteiger partial charge in [-0.2, -0.15) is 10.5 Å². The number of rotatable bonds is 2. The minimum Gasteiger partial charge on any atom is -0.283 e. The Kier molecular flexibility index (Phi) is 2.88. The first-order chi connectivity index (χ1) is 7.77. The van der Waals surface area contributed by atoms with Crippen molar-refractivity contribution in [3.63, 3.8) is 0 Å². The lowest BCUT2D eigenvalue weighted by Gasteiger charge is -2.14. The van der Waals surface area contributed by atoms with Crippen molar-refractivity contribution in [1.29, 1.82) is 10.5 Å². The van der Waals surface area contributed by atoms with Crippen LogP contribution in [0.25, 0.3) is 0 Å². The lowest BCUT2D eigenvalue weighted by Crippen LogP contribution is -2.10. The number of anilines is 2. The third-order valence-electron chi connectivity index (χ3n) is 1.95. The Morgan fingerprint density at radius 3 is 1.81 bits per heavy atom. The minimum absolute atomic E-state index is 0.405. The van der Waals surface area contributed by atoms with Crippen molar-refractivity contribution in [1.82, 2.24) is 0 Å². The zero-order chi connectivity index (χ0) is 11.5. The third-order valence-corrected chi connectivity index (χ3v) is 3.56. The fourth-order valence-corrected chi connectivity index (χ4v) is 2.56. The van der Waals surface area contributed by atoms with E-state index in [1.807, 2.05) is 12.1 Å². The molecule has 0 atom stereocenters. The van der Waals surface area contributed by atoms with Crippen LogP contribution in [0.1, 0.15) is 9.75 Å². The molecular formula is C10H5N3OS2. The highest BCUT2D eigenvalue weighted by Gasteiger charge is 2.16. The van der Waals surface area contributed by atoms with Crippen LogP contribution in [0.3, 0.4) is 0 Å². The number of hydrogen-bond acceptors (Lipinski definition) is 6. The molecule has 0 unspecified atom stereocenters. The van der Waals surface area contributed by atoms with Crippen LogP contribution in [0.4, 0.5) is 11.4 Å². The smallest absolute Gasteiger partial charge is 0.131 e. The van der Waals surface area contributed by atoms with E-state index in [2.05, 4.69) is 0 Å². The molecule has 0 aromatic carbocycles. The Balaban J connectivity index is 2.45. The lowest BCUT2D eigenvalue weighted by molar-refractivity contribution is 0.301. The summed E-state index contributed by atoms with van der Waals surface area (Å²) in [7, 11) is 0. The highest BCUT2D eigenvalue weighted by molar-refractivity contribution is 7.11. The van der Waals surface area contributed by atoms with E-state index in [1.165, 1.54) is 22.7 Å². The van der Waals surface area contributed by atoms with Crippen LogP contribution in [-0.4, -0.2) is 5.21 Å². The highest BCUT2D eigenvalue weighted by Crippen LogP contribution is 2.33. The van der Waals surface area contributed by atoms with Gasteiger partial charge in [0.15, 0.2) is 0 Å². The molecule has 2 aromatic heterocycles. The molecule has 0 spiro atoms. The standard InChI is InChI=1S/C10H5N3OS2/c11-5-9-7(1-3-15-9)13(14)8-2-4-16-10(8)6-12/h1-4,14H. The van der Waals surface area contributed by atoms with Crippen LogP contribution in [0.15, 0.2) is 22.9 Å². The Morgan fingerprint density at radius 2 is 1.44 bits per heavy atom. The van der Waals surface area contributed by atoms with E-state index in [0.29, 0.717) is 21.1 Å². The van der Waals surface area contributed by atoms with Crippen LogP contribution in [0, 0.1) is 22.7 Å². The molecule has 0 aliphatic carbocycles. The van der Waals surface area contributed by atoms with Crippen LogP contribution in [-0.2, 0) is 0 Å². The molecular weight excluding hydrogens is 242 g/mol. The van der Waals surface area contributed by atoms with E-state index in [-0.39, 0.29) is 0 Å². The summed E-state index contributed by atoms with van der Waals surface area (Å²) in [5.74, 6) is 0. The van der Waals surface area contributed by atoms with Gasteiger partial charge in [0, 0.05) is 0 Å². The first-order valence-electron chi connectivity index (χ1n) is 4.22. The van der Waals surface area contributed by atoms with Crippen molar-refractivity contribution >= 4 is 34.0 Å². The predicted molar refractivity (Wildman–Crippen MR) is 62.0 cm³/mol. The number of nitriles is 2. The Hall–Kier alpha value is -1.86. The van der Waals surface area contributed by atoms with Crippen molar-refractivity contribution < 1.29 is 5.21 Å². The van der Waals surface area contributed by atoms with E-state index in [4.69, 9.17) is 10.5 Å². The molecule has 0 aliphatic rings. The molecule has 0 saturated heterocycles. The zero-order valence-electron chi connectivity index (χ0n) is 7.91. The van der Waals surface area contributed by atoms with Gasteiger partial charge < -0.3 is 0 Å². The summed E-state index contributed by atoms with van der Waals surface area (Å²) in [6.45, 7) is 0. The molecule has 0 radical (unpaired) electrons. The molecule has 0 bridgehead atoms. The summed E-state index contributed by atoms with van der Waals surface area (Å²) in [6.07, 6.45) is 0. The molecule has 2 aromatic rings. The van der Waals surface area contributed by atoms with Gasteiger partial charge in [0.1, 0.15) is 21.9 Å². The highest BCUT2D eigenvalue weighted by atomic mass is 32.1. The quantitative estimate of drug-likeness (QED) is 0.828. The van der Waals surface area contributed by atoms with E-state index in [0.717, 1.165) is 5.06 Å². The predicted octanol–water partition coefficient (Wildman–Crippen LogP) is 3.08. The summed E-state index contributed by atoms with van der Waals surface area (Å²) in [4.78, 5) is 0.829. The summed E-state index contributed by atoms with van der Waals surface area (Å²) in [6, 6.07) is 7.27. The second kappa shape index (κ2) is 4.33. The minimum atomic E-state index is 0.405. The average molecular weight is 247 g/mol. The van der Waals surface area contributed by atoms with Crippen molar-refractivity contribution in [2.24, 2.45) is 0 Å². The largest absolute Gasteiger partial charge is 0.283 e. The molecule has 4 nitrogen and oxygen atoms in total. The molecule has 2 heterocycles. The van der Waals surface area contributed by atoms with Gasteiger partial charge in [-0.15, -0.1) is 22.7 Å². The SMILES string of the molecule is N#Cc1sccc1N(O)c1ccsc1C#N. The normalized spacial score (nSPS) is 9.44. The Morgan fingerprint density at radius 1 is 1.00 bits per heavy atom. The van der Waals surface area contributed by atoms with Gasteiger partial charge in [-0.1, -0.05) is 0 Å². The Labute approximate surface area is 99.8 Å². The molecule has 1 N–H and O–H groups in total. The van der Waals surface area contributed by atoms with E-state index in [9.17, 15) is 5.21 Å². The van der Waals surface area contributed by atoms with Crippen LogP contribution < -0.4 is 5.06 Å². The topological polar surface area (TPSA) is 71.1 Å². The van der Waals surface area contributed by atoms with Gasteiger partial charge in [-0.25, -0.2) is 5.06 Å². The number of thiophene rings is 2. The monoisotopic (exact) mass is 247 g/mol. The second-order valence-electron chi connectivity index (χ2n) is 2.81. The third kappa shape index (κ3) is 1.66. The molecule has 0 saturated carbocycles. The lowest BCUT2D eigenvalue weighted by atomic mass is 10.3. The van der Waals surface area contributed by atoms with Crippen molar-refractivity contribution in [2.75, 3.05) is 5.06 Å². The maximum atomic E-state index is 9.94. The van der Waals surface area contributed by atoms with E-state index >= 15 is 0 Å². The van der Waals surface area contributed by atoms with Crippen LogP contribution in [0.5, 0.6) is 0 Å². The fraction of sp³-hybridized carbons (Fsp3) is 0. The summed E-state index contributed by atoms with van der Waals surface area (Å²) < 4.78 is 0. The zero-order valence-corrected chi connectivity index (χ0v) is 9.55. The second-order valence-corrected chi connectivity index (χ2v) is 4.64. The van der Waals surface area contributed by atoms with Gasteiger partial charge in [-0.05, 0) is 22.9 Å². The van der Waals surface area contributed by atoms with Gasteiger partial charge in [0.2, 0.25) is 0 Å². The van der Waals surface area contributed by atoms with Gasteiger partial charge in [0.05, 0.1) is 11.4 Å². The number of nitrogens with zero attached hydrogens (tertiary/aromatic N) is 3. The molecule has 16 heavy (non-hydrogen) atoms. The van der Waals surface area contributed by atoms with Crippen molar-refractivity contribution in [2.45, 2.75) is 0 Å². The maximum Gasteiger partial charge on any atom is 0.131 e. The van der Waals surface area contributed by atoms with Crippen molar-refractivity contribution in [3.05, 3.63) is 32.6 Å². The van der Waals surface area contributed by atoms with Gasteiger partial charge in [-0.3, -0.25) is 5.21 Å². The molecule has 0 fully saturated rings. The molecule has 78 valence electrons. The van der Waals surface area contributed by atoms with E-state index in [1.54, 1.807) is 22.9 Å². The first kappa shape index (κ1) is 10.7. The van der Waals surface area contributed by atoms with Crippen LogP contribution in [0.2, 0.25) is 0 Å². The summed E-state index contributed by atoms with van der Waals surface area (Å²) >= 11 is 2.49. The van der Waals surface area contributed by atoms with E-state index < -0.39 is 0 Å². The van der Waals surface area contributed by atoms with Gasteiger partial charge >= 0.3 is 0 Å².